The first-order chi connectivity index (χ1) is 5.66. The summed E-state index contributed by atoms with van der Waals surface area (Å²) in [7, 11) is 0. The topological polar surface area (TPSA) is 0 Å². The fraction of sp³-hybridized carbons (Fsp3) is 0.200. The Morgan fingerprint density at radius 1 is 1.58 bits per heavy atom. The van der Waals surface area contributed by atoms with Gasteiger partial charge < -0.3 is 0 Å². The van der Waals surface area contributed by atoms with E-state index in [0.29, 0.717) is 0 Å². The van der Waals surface area contributed by atoms with Gasteiger partial charge in [0.25, 0.3) is 0 Å². The fourth-order valence-electron chi connectivity index (χ4n) is 0.992. The van der Waals surface area contributed by atoms with Crippen LogP contribution in [0.4, 0.5) is 0 Å². The van der Waals surface area contributed by atoms with Gasteiger partial charge >= 0.3 is 0 Å². The number of aryl methyl sites for hydroxylation is 1. The molecule has 0 spiro atoms. The lowest BCUT2D eigenvalue weighted by Crippen LogP contribution is -1.87. The molecule has 0 amide bonds. The van der Waals surface area contributed by atoms with Gasteiger partial charge in [0.2, 0.25) is 0 Å². The SMILES string of the molecule is C=C(CBr)c1cccc(C)c1Cl. The van der Waals surface area contributed by atoms with E-state index in [1.54, 1.807) is 0 Å². The van der Waals surface area contributed by atoms with Gasteiger partial charge in [-0.25, -0.2) is 0 Å². The Bertz CT molecular complexity index is 305. The van der Waals surface area contributed by atoms with Crippen molar-refractivity contribution in [3.05, 3.63) is 40.9 Å². The minimum atomic E-state index is 0.760. The minimum absolute atomic E-state index is 0.760. The number of halogens is 2. The minimum Gasteiger partial charge on any atom is -0.0943 e. The predicted octanol–water partition coefficient (Wildman–Crippen LogP) is 4.06. The maximum Gasteiger partial charge on any atom is 0.0510 e. The lowest BCUT2D eigenvalue weighted by molar-refractivity contribution is 1.44. The Morgan fingerprint density at radius 2 is 2.25 bits per heavy atom. The first kappa shape index (κ1) is 9.82. The second-order valence-electron chi connectivity index (χ2n) is 2.67. The highest BCUT2D eigenvalue weighted by Gasteiger charge is 2.04. The maximum absolute atomic E-state index is 6.09. The van der Waals surface area contributed by atoms with Gasteiger partial charge in [0.1, 0.15) is 0 Å². The smallest absolute Gasteiger partial charge is 0.0510 e. The van der Waals surface area contributed by atoms with Crippen LogP contribution in [0.25, 0.3) is 5.57 Å². The summed E-state index contributed by atoms with van der Waals surface area (Å²) in [4.78, 5) is 0. The van der Waals surface area contributed by atoms with Crippen LogP contribution in [-0.2, 0) is 0 Å². The summed E-state index contributed by atoms with van der Waals surface area (Å²) in [6.07, 6.45) is 0. The van der Waals surface area contributed by atoms with Gasteiger partial charge in [0.15, 0.2) is 0 Å². The maximum atomic E-state index is 6.09. The Hall–Kier alpha value is -0.270. The number of allylic oxidation sites excluding steroid dienone is 1. The molecular formula is C10H10BrCl. The van der Waals surface area contributed by atoms with Crippen molar-refractivity contribution in [2.24, 2.45) is 0 Å². The van der Waals surface area contributed by atoms with Crippen molar-refractivity contribution in [3.63, 3.8) is 0 Å². The molecule has 0 N–H and O–H groups in total. The highest BCUT2D eigenvalue weighted by molar-refractivity contribution is 9.09. The van der Waals surface area contributed by atoms with Gasteiger partial charge in [-0.1, -0.05) is 52.3 Å². The Balaban J connectivity index is 3.16. The monoisotopic (exact) mass is 244 g/mol. The van der Waals surface area contributed by atoms with Crippen molar-refractivity contribution < 1.29 is 0 Å². The number of rotatable bonds is 2. The standard InChI is InChI=1S/C10H10BrCl/c1-7-4-3-5-9(10(7)12)8(2)6-11/h3-5H,2,6H2,1H3. The molecule has 0 saturated carbocycles. The molecule has 12 heavy (non-hydrogen) atoms. The molecule has 0 aliphatic carbocycles. The van der Waals surface area contributed by atoms with E-state index in [2.05, 4.69) is 22.5 Å². The summed E-state index contributed by atoms with van der Waals surface area (Å²) in [6.45, 7) is 5.91. The third kappa shape index (κ3) is 1.90. The molecule has 0 nitrogen and oxygen atoms in total. The van der Waals surface area contributed by atoms with Crippen LogP contribution in [0, 0.1) is 6.92 Å². The second kappa shape index (κ2) is 4.11. The molecule has 0 aliphatic rings. The van der Waals surface area contributed by atoms with Crippen molar-refractivity contribution in [2.45, 2.75) is 6.92 Å². The Morgan fingerprint density at radius 3 is 2.83 bits per heavy atom. The van der Waals surface area contributed by atoms with E-state index in [1.807, 2.05) is 25.1 Å². The molecule has 0 saturated heterocycles. The van der Waals surface area contributed by atoms with E-state index in [9.17, 15) is 0 Å². The zero-order valence-electron chi connectivity index (χ0n) is 6.90. The summed E-state index contributed by atoms with van der Waals surface area (Å²) in [6, 6.07) is 5.97. The highest BCUT2D eigenvalue weighted by Crippen LogP contribution is 2.26. The lowest BCUT2D eigenvalue weighted by Gasteiger charge is -2.06. The molecule has 0 fully saturated rings. The average Bonchev–Trinajstić information content (AvgIpc) is 2.08. The zero-order chi connectivity index (χ0) is 9.14. The number of hydrogen-bond acceptors (Lipinski definition) is 0. The van der Waals surface area contributed by atoms with Gasteiger partial charge in [-0.05, 0) is 23.6 Å². The van der Waals surface area contributed by atoms with Gasteiger partial charge in [-0.3, -0.25) is 0 Å². The van der Waals surface area contributed by atoms with Crippen molar-refractivity contribution >= 4 is 33.1 Å². The molecule has 0 unspecified atom stereocenters. The molecular weight excluding hydrogens is 235 g/mol. The predicted molar refractivity (Wildman–Crippen MR) is 59.0 cm³/mol. The average molecular weight is 246 g/mol. The van der Waals surface area contributed by atoms with Crippen LogP contribution in [0.3, 0.4) is 0 Å². The van der Waals surface area contributed by atoms with E-state index >= 15 is 0 Å². The molecule has 0 aromatic heterocycles. The molecule has 0 bridgehead atoms. The molecule has 0 heterocycles. The molecule has 1 aromatic rings. The summed E-state index contributed by atoms with van der Waals surface area (Å²) < 4.78 is 0. The Labute approximate surface area is 86.4 Å². The molecule has 1 aromatic carbocycles. The third-order valence-corrected chi connectivity index (χ3v) is 2.91. The van der Waals surface area contributed by atoms with Crippen LogP contribution in [0.1, 0.15) is 11.1 Å². The summed E-state index contributed by atoms with van der Waals surface area (Å²) >= 11 is 9.44. The Kier molecular flexibility index (Phi) is 3.36. The van der Waals surface area contributed by atoms with Crippen molar-refractivity contribution in [1.29, 1.82) is 0 Å². The number of alkyl halides is 1. The van der Waals surface area contributed by atoms with E-state index in [-0.39, 0.29) is 0 Å². The van der Waals surface area contributed by atoms with Gasteiger partial charge in [-0.15, -0.1) is 0 Å². The van der Waals surface area contributed by atoms with Gasteiger partial charge in [0.05, 0.1) is 5.02 Å². The molecule has 0 radical (unpaired) electrons. The molecule has 1 rings (SSSR count). The van der Waals surface area contributed by atoms with Crippen molar-refractivity contribution in [3.8, 4) is 0 Å². The molecule has 0 atom stereocenters. The number of hydrogen-bond donors (Lipinski definition) is 0. The third-order valence-electron chi connectivity index (χ3n) is 1.73. The van der Waals surface area contributed by atoms with Crippen LogP contribution in [0.2, 0.25) is 5.02 Å². The van der Waals surface area contributed by atoms with E-state index in [1.165, 1.54) is 0 Å². The van der Waals surface area contributed by atoms with Gasteiger partial charge in [-0.2, -0.15) is 0 Å². The zero-order valence-corrected chi connectivity index (χ0v) is 9.24. The molecule has 2 heteroatoms. The quantitative estimate of drug-likeness (QED) is 0.690. The van der Waals surface area contributed by atoms with Crippen LogP contribution in [-0.4, -0.2) is 5.33 Å². The van der Waals surface area contributed by atoms with Crippen LogP contribution < -0.4 is 0 Å². The first-order valence-corrected chi connectivity index (χ1v) is 5.16. The van der Waals surface area contributed by atoms with E-state index in [0.717, 1.165) is 27.1 Å². The van der Waals surface area contributed by atoms with Crippen molar-refractivity contribution in [1.82, 2.24) is 0 Å². The molecule has 64 valence electrons. The van der Waals surface area contributed by atoms with Crippen molar-refractivity contribution in [2.75, 3.05) is 5.33 Å². The van der Waals surface area contributed by atoms with Gasteiger partial charge in [0, 0.05) is 5.33 Å². The summed E-state index contributed by atoms with van der Waals surface area (Å²) in [5, 5.41) is 1.57. The highest BCUT2D eigenvalue weighted by atomic mass is 79.9. The van der Waals surface area contributed by atoms with E-state index < -0.39 is 0 Å². The van der Waals surface area contributed by atoms with Crippen LogP contribution in [0.5, 0.6) is 0 Å². The first-order valence-electron chi connectivity index (χ1n) is 3.66. The van der Waals surface area contributed by atoms with Crippen LogP contribution >= 0.6 is 27.5 Å². The molecule has 0 aliphatic heterocycles. The normalized spacial score (nSPS) is 9.92. The van der Waals surface area contributed by atoms with E-state index in [4.69, 9.17) is 11.6 Å². The number of benzene rings is 1. The fourth-order valence-corrected chi connectivity index (χ4v) is 1.55. The second-order valence-corrected chi connectivity index (χ2v) is 3.61. The lowest BCUT2D eigenvalue weighted by atomic mass is 10.1. The summed E-state index contributed by atoms with van der Waals surface area (Å²) in [5.41, 5.74) is 3.15. The summed E-state index contributed by atoms with van der Waals surface area (Å²) in [5.74, 6) is 0. The van der Waals surface area contributed by atoms with Crippen LogP contribution in [0.15, 0.2) is 24.8 Å². The largest absolute Gasteiger partial charge is 0.0943 e.